The summed E-state index contributed by atoms with van der Waals surface area (Å²) in [6.07, 6.45) is 2.78. The molecule has 0 aliphatic heterocycles. The van der Waals surface area contributed by atoms with Gasteiger partial charge in [0.05, 0.1) is 0 Å². The third-order valence-corrected chi connectivity index (χ3v) is 2.83. The molecule has 1 aromatic carbocycles. The molecular weight excluding hydrogens is 214 g/mol. The number of fused-ring (bicyclic) bond motifs is 1. The summed E-state index contributed by atoms with van der Waals surface area (Å²) < 4.78 is 0. The van der Waals surface area contributed by atoms with Crippen LogP contribution in [0.2, 0.25) is 0 Å². The Labute approximate surface area is 100 Å². The van der Waals surface area contributed by atoms with Crippen LogP contribution in [0.3, 0.4) is 0 Å². The number of carbonyl (C=O) groups excluding carboxylic acids is 1. The maximum Gasteiger partial charge on any atom is 0.253 e. The largest absolute Gasteiger partial charge is 0.361 e. The van der Waals surface area contributed by atoms with Gasteiger partial charge in [0, 0.05) is 36.8 Å². The fourth-order valence-corrected chi connectivity index (χ4v) is 1.93. The highest BCUT2D eigenvalue weighted by atomic mass is 16.2. The van der Waals surface area contributed by atoms with Gasteiger partial charge in [-0.15, -0.1) is 0 Å². The van der Waals surface area contributed by atoms with Crippen LogP contribution in [-0.2, 0) is 6.42 Å². The number of nitrogens with zero attached hydrogens (tertiary/aromatic N) is 1. The molecule has 2 rings (SSSR count). The van der Waals surface area contributed by atoms with E-state index in [0.717, 1.165) is 22.9 Å². The minimum Gasteiger partial charge on any atom is -0.361 e. The first-order chi connectivity index (χ1) is 8.13. The van der Waals surface area contributed by atoms with E-state index in [-0.39, 0.29) is 5.91 Å². The van der Waals surface area contributed by atoms with Crippen molar-refractivity contribution in [1.29, 1.82) is 0 Å². The van der Waals surface area contributed by atoms with Crippen molar-refractivity contribution in [1.82, 2.24) is 9.88 Å². The van der Waals surface area contributed by atoms with Crippen LogP contribution in [0.15, 0.2) is 24.4 Å². The predicted molar refractivity (Wildman–Crippen MR) is 69.1 cm³/mol. The second kappa shape index (κ2) is 4.59. The summed E-state index contributed by atoms with van der Waals surface area (Å²) >= 11 is 0. The normalized spacial score (nSPS) is 10.8. The third kappa shape index (κ3) is 2.17. The number of aromatic nitrogens is 1. The number of aromatic amines is 1. The number of benzene rings is 1. The van der Waals surface area contributed by atoms with Gasteiger partial charge in [0.15, 0.2) is 0 Å². The van der Waals surface area contributed by atoms with Crippen molar-refractivity contribution < 1.29 is 4.79 Å². The van der Waals surface area contributed by atoms with Gasteiger partial charge in [-0.05, 0) is 36.7 Å². The number of rotatable bonds is 3. The average Bonchev–Trinajstić information content (AvgIpc) is 2.71. The predicted octanol–water partition coefficient (Wildman–Crippen LogP) is 1.37. The van der Waals surface area contributed by atoms with Crippen molar-refractivity contribution in [2.75, 3.05) is 20.6 Å². The lowest BCUT2D eigenvalue weighted by Gasteiger charge is -2.10. The molecule has 0 bridgehead atoms. The zero-order valence-corrected chi connectivity index (χ0v) is 10.2. The van der Waals surface area contributed by atoms with Crippen LogP contribution in [-0.4, -0.2) is 36.4 Å². The molecule has 0 saturated heterocycles. The molecule has 90 valence electrons. The van der Waals surface area contributed by atoms with Gasteiger partial charge in [-0.25, -0.2) is 0 Å². The Kier molecular flexibility index (Phi) is 3.15. The molecule has 0 unspecified atom stereocenters. The van der Waals surface area contributed by atoms with Crippen LogP contribution in [0.4, 0.5) is 0 Å². The molecule has 1 aromatic heterocycles. The topological polar surface area (TPSA) is 62.1 Å². The number of hydrogen-bond acceptors (Lipinski definition) is 2. The van der Waals surface area contributed by atoms with Crippen LogP contribution in [0.5, 0.6) is 0 Å². The van der Waals surface area contributed by atoms with Gasteiger partial charge in [0.1, 0.15) is 0 Å². The summed E-state index contributed by atoms with van der Waals surface area (Å²) in [6.45, 7) is 0.610. The molecule has 4 nitrogen and oxygen atoms in total. The van der Waals surface area contributed by atoms with Crippen molar-refractivity contribution in [3.63, 3.8) is 0 Å². The average molecular weight is 231 g/mol. The lowest BCUT2D eigenvalue weighted by atomic mass is 10.1. The highest BCUT2D eigenvalue weighted by Crippen LogP contribution is 2.20. The molecular formula is C13H17N3O. The Hall–Kier alpha value is -1.81. The molecule has 4 heteroatoms. The minimum absolute atomic E-state index is 0.0202. The number of hydrogen-bond donors (Lipinski definition) is 2. The maximum atomic E-state index is 11.9. The van der Waals surface area contributed by atoms with E-state index in [1.165, 1.54) is 0 Å². The zero-order valence-electron chi connectivity index (χ0n) is 10.2. The summed E-state index contributed by atoms with van der Waals surface area (Å²) in [5.41, 5.74) is 8.48. The van der Waals surface area contributed by atoms with Crippen LogP contribution in [0, 0.1) is 0 Å². The first kappa shape index (κ1) is 11.7. The number of H-pyrrole nitrogens is 1. The molecule has 0 aliphatic rings. The van der Waals surface area contributed by atoms with Crippen LogP contribution < -0.4 is 5.73 Å². The zero-order chi connectivity index (χ0) is 12.4. The standard InChI is InChI=1S/C13H17N3O/c1-16(2)13(17)9-3-4-12-11(7-9)10(5-6-14)8-15-12/h3-4,7-8,15H,5-6,14H2,1-2H3. The lowest BCUT2D eigenvalue weighted by molar-refractivity contribution is 0.0828. The fraction of sp³-hybridized carbons (Fsp3) is 0.308. The molecule has 2 aromatic rings. The Morgan fingerprint density at radius 3 is 2.82 bits per heavy atom. The van der Waals surface area contributed by atoms with E-state index in [2.05, 4.69) is 4.98 Å². The van der Waals surface area contributed by atoms with Gasteiger partial charge in [-0.2, -0.15) is 0 Å². The van der Waals surface area contributed by atoms with E-state index in [4.69, 9.17) is 5.73 Å². The van der Waals surface area contributed by atoms with Crippen molar-refractivity contribution in [3.8, 4) is 0 Å². The third-order valence-electron chi connectivity index (χ3n) is 2.83. The summed E-state index contributed by atoms with van der Waals surface area (Å²) in [5, 5.41) is 1.09. The molecule has 0 radical (unpaired) electrons. The van der Waals surface area contributed by atoms with Crippen LogP contribution in [0.1, 0.15) is 15.9 Å². The van der Waals surface area contributed by atoms with E-state index < -0.39 is 0 Å². The smallest absolute Gasteiger partial charge is 0.253 e. The molecule has 1 heterocycles. The van der Waals surface area contributed by atoms with Crippen molar-refractivity contribution in [2.24, 2.45) is 5.73 Å². The first-order valence-corrected chi connectivity index (χ1v) is 5.65. The molecule has 3 N–H and O–H groups in total. The lowest BCUT2D eigenvalue weighted by Crippen LogP contribution is -2.21. The van der Waals surface area contributed by atoms with Gasteiger partial charge in [0.2, 0.25) is 0 Å². The Balaban J connectivity index is 2.47. The minimum atomic E-state index is 0.0202. The van der Waals surface area contributed by atoms with Gasteiger partial charge >= 0.3 is 0 Å². The second-order valence-corrected chi connectivity index (χ2v) is 4.31. The van der Waals surface area contributed by atoms with Gasteiger partial charge < -0.3 is 15.6 Å². The quantitative estimate of drug-likeness (QED) is 0.838. The first-order valence-electron chi connectivity index (χ1n) is 5.65. The van der Waals surface area contributed by atoms with Gasteiger partial charge in [-0.1, -0.05) is 0 Å². The van der Waals surface area contributed by atoms with Gasteiger partial charge in [-0.3, -0.25) is 4.79 Å². The molecule has 0 saturated carbocycles. The summed E-state index contributed by atoms with van der Waals surface area (Å²) in [4.78, 5) is 16.6. The van der Waals surface area contributed by atoms with Crippen molar-refractivity contribution in [2.45, 2.75) is 6.42 Å². The second-order valence-electron chi connectivity index (χ2n) is 4.31. The fourth-order valence-electron chi connectivity index (χ4n) is 1.93. The van der Waals surface area contributed by atoms with Crippen LogP contribution >= 0.6 is 0 Å². The number of nitrogens with one attached hydrogen (secondary N) is 1. The molecule has 0 aliphatic carbocycles. The number of amides is 1. The van der Waals surface area contributed by atoms with Gasteiger partial charge in [0.25, 0.3) is 5.91 Å². The Bertz CT molecular complexity index is 543. The summed E-state index contributed by atoms with van der Waals surface area (Å²) in [6, 6.07) is 5.71. The Morgan fingerprint density at radius 2 is 2.18 bits per heavy atom. The van der Waals surface area contributed by atoms with E-state index in [1.807, 2.05) is 24.4 Å². The summed E-state index contributed by atoms with van der Waals surface area (Å²) in [5.74, 6) is 0.0202. The van der Waals surface area contributed by atoms with Crippen molar-refractivity contribution >= 4 is 16.8 Å². The number of carbonyl (C=O) groups is 1. The van der Waals surface area contributed by atoms with Crippen LogP contribution in [0.25, 0.3) is 10.9 Å². The highest BCUT2D eigenvalue weighted by Gasteiger charge is 2.10. The van der Waals surface area contributed by atoms with E-state index in [1.54, 1.807) is 19.0 Å². The highest BCUT2D eigenvalue weighted by molar-refractivity contribution is 5.98. The SMILES string of the molecule is CN(C)C(=O)c1ccc2[nH]cc(CCN)c2c1. The van der Waals surface area contributed by atoms with E-state index >= 15 is 0 Å². The van der Waals surface area contributed by atoms with E-state index in [9.17, 15) is 4.79 Å². The number of nitrogens with two attached hydrogens (primary N) is 1. The Morgan fingerprint density at radius 1 is 1.41 bits per heavy atom. The van der Waals surface area contributed by atoms with E-state index in [0.29, 0.717) is 12.1 Å². The monoisotopic (exact) mass is 231 g/mol. The summed E-state index contributed by atoms with van der Waals surface area (Å²) in [7, 11) is 3.51. The molecule has 0 atom stereocenters. The molecule has 0 fully saturated rings. The molecule has 0 spiro atoms. The van der Waals surface area contributed by atoms with Crippen molar-refractivity contribution in [3.05, 3.63) is 35.5 Å². The molecule has 1 amide bonds. The maximum absolute atomic E-state index is 11.9. The molecule has 17 heavy (non-hydrogen) atoms.